The highest BCUT2D eigenvalue weighted by Crippen LogP contribution is 2.39. The molecule has 3 aliphatic heterocycles. The van der Waals surface area contributed by atoms with Crippen LogP contribution >= 0.6 is 0 Å². The Morgan fingerprint density at radius 1 is 0.919 bits per heavy atom. The van der Waals surface area contributed by atoms with Crippen molar-refractivity contribution in [1.29, 1.82) is 0 Å². The summed E-state index contributed by atoms with van der Waals surface area (Å²) in [4.78, 5) is 22.7. The van der Waals surface area contributed by atoms with Gasteiger partial charge in [0.2, 0.25) is 6.29 Å². The summed E-state index contributed by atoms with van der Waals surface area (Å²) in [5, 5.41) is 92.3. The quantitative estimate of drug-likeness (QED) is 0.160. The van der Waals surface area contributed by atoms with E-state index in [9.17, 15) is 55.5 Å². The monoisotopic (exact) mass is 533 g/mol. The Bertz CT molecular complexity index is 1020. The summed E-state index contributed by atoms with van der Waals surface area (Å²) < 4.78 is 21.6. The minimum Gasteiger partial charge on any atom is -0.504 e. The second kappa shape index (κ2) is 10.5. The van der Waals surface area contributed by atoms with E-state index < -0.39 is 91.7 Å². The first kappa shape index (κ1) is 27.2. The highest BCUT2D eigenvalue weighted by atomic mass is 16.8. The minimum absolute atomic E-state index is 0.0479. The zero-order valence-electron chi connectivity index (χ0n) is 18.9. The summed E-state index contributed by atoms with van der Waals surface area (Å²) in [7, 11) is 0. The number of aliphatic carboxylic acids is 2. The first-order chi connectivity index (χ1) is 17.4. The molecule has 2 fully saturated rings. The second-order valence-electron chi connectivity index (χ2n) is 8.88. The summed E-state index contributed by atoms with van der Waals surface area (Å²) >= 11 is 0. The van der Waals surface area contributed by atoms with Crippen LogP contribution in [0.25, 0.3) is 0 Å². The van der Waals surface area contributed by atoms with Crippen molar-refractivity contribution < 1.29 is 74.5 Å². The molecule has 3 aliphatic rings. The number of carboxylic acids is 2. The van der Waals surface area contributed by atoms with E-state index in [4.69, 9.17) is 18.9 Å². The molecule has 0 spiro atoms. The summed E-state index contributed by atoms with van der Waals surface area (Å²) in [6.07, 6.45) is -18.5. The molecule has 4 rings (SSSR count). The van der Waals surface area contributed by atoms with Gasteiger partial charge in [0.05, 0.1) is 6.61 Å². The zero-order valence-corrected chi connectivity index (χ0v) is 18.9. The van der Waals surface area contributed by atoms with E-state index in [-0.39, 0.29) is 12.2 Å². The maximum Gasteiger partial charge on any atom is 0.335 e. The van der Waals surface area contributed by atoms with E-state index in [1.54, 1.807) is 0 Å². The van der Waals surface area contributed by atoms with Crippen LogP contribution in [0.2, 0.25) is 0 Å². The number of phenols is 1. The molecule has 16 heteroatoms. The van der Waals surface area contributed by atoms with Crippen molar-refractivity contribution in [2.24, 2.45) is 0 Å². The van der Waals surface area contributed by atoms with Crippen LogP contribution in [0.4, 0.5) is 5.69 Å². The number of anilines is 1. The lowest BCUT2D eigenvalue weighted by Crippen LogP contribution is -2.65. The molecule has 0 aliphatic carbocycles. The number of hydrogen-bond donors (Lipinski definition) is 10. The van der Waals surface area contributed by atoms with Gasteiger partial charge in [-0.1, -0.05) is 0 Å². The lowest BCUT2D eigenvalue weighted by atomic mass is 9.97. The van der Waals surface area contributed by atoms with Gasteiger partial charge in [0.15, 0.2) is 30.0 Å². The summed E-state index contributed by atoms with van der Waals surface area (Å²) in [5.41, 5.74) is 0.796. The van der Waals surface area contributed by atoms with Gasteiger partial charge >= 0.3 is 11.9 Å². The number of aliphatic hydroxyl groups excluding tert-OH is 6. The van der Waals surface area contributed by atoms with Gasteiger partial charge < -0.3 is 70.2 Å². The lowest BCUT2D eigenvalue weighted by molar-refractivity contribution is -0.353. The molecule has 1 aromatic rings. The van der Waals surface area contributed by atoms with Crippen molar-refractivity contribution in [3.63, 3.8) is 0 Å². The van der Waals surface area contributed by atoms with E-state index in [1.807, 2.05) is 0 Å². The van der Waals surface area contributed by atoms with E-state index in [1.165, 1.54) is 12.1 Å². The van der Waals surface area contributed by atoms with Gasteiger partial charge in [-0.2, -0.15) is 0 Å². The van der Waals surface area contributed by atoms with Gasteiger partial charge in [-0.15, -0.1) is 0 Å². The molecular formula is C21H27NO15. The summed E-state index contributed by atoms with van der Waals surface area (Å²) in [6.45, 7) is -0.778. The van der Waals surface area contributed by atoms with E-state index in [0.717, 1.165) is 0 Å². The van der Waals surface area contributed by atoms with Crippen LogP contribution in [-0.4, -0.2) is 132 Å². The Labute approximate surface area is 207 Å². The van der Waals surface area contributed by atoms with E-state index >= 15 is 0 Å². The lowest BCUT2D eigenvalue weighted by Gasteiger charge is -2.45. The van der Waals surface area contributed by atoms with E-state index in [0.29, 0.717) is 11.3 Å². The average molecular weight is 533 g/mol. The fourth-order valence-corrected chi connectivity index (χ4v) is 4.36. The van der Waals surface area contributed by atoms with Crippen molar-refractivity contribution >= 4 is 17.6 Å². The van der Waals surface area contributed by atoms with Gasteiger partial charge in [0.25, 0.3) is 0 Å². The predicted molar refractivity (Wildman–Crippen MR) is 114 cm³/mol. The Hall–Kier alpha value is -2.80. The number of carbonyl (C=O) groups is 2. The van der Waals surface area contributed by atoms with Crippen LogP contribution in [0.1, 0.15) is 5.56 Å². The summed E-state index contributed by atoms with van der Waals surface area (Å²) in [6, 6.07) is 1.56. The van der Waals surface area contributed by atoms with Crippen LogP contribution in [0.5, 0.6) is 11.5 Å². The molecule has 16 nitrogen and oxygen atoms in total. The molecule has 10 N–H and O–H groups in total. The zero-order chi connectivity index (χ0) is 27.2. The number of rotatable bonds is 7. The molecule has 0 amide bonds. The van der Waals surface area contributed by atoms with Crippen LogP contribution in [0.15, 0.2) is 12.1 Å². The molecule has 3 heterocycles. The normalized spacial score (nSPS) is 39.5. The molecule has 0 radical (unpaired) electrons. The van der Waals surface area contributed by atoms with Gasteiger partial charge in [0, 0.05) is 18.2 Å². The van der Waals surface area contributed by atoms with Crippen LogP contribution < -0.4 is 10.1 Å². The van der Waals surface area contributed by atoms with Crippen molar-refractivity contribution in [1.82, 2.24) is 0 Å². The van der Waals surface area contributed by atoms with Crippen LogP contribution in [0.3, 0.4) is 0 Å². The Morgan fingerprint density at radius 2 is 1.62 bits per heavy atom. The van der Waals surface area contributed by atoms with Gasteiger partial charge in [-0.25, -0.2) is 9.59 Å². The van der Waals surface area contributed by atoms with Crippen molar-refractivity contribution in [2.75, 3.05) is 11.9 Å². The topological polar surface area (TPSA) is 265 Å². The predicted octanol–water partition coefficient (Wildman–Crippen LogP) is -4.09. The number of benzene rings is 1. The number of nitrogens with one attached hydrogen (secondary N) is 1. The third kappa shape index (κ3) is 5.15. The van der Waals surface area contributed by atoms with Crippen LogP contribution in [-0.2, 0) is 30.2 Å². The molecular weight excluding hydrogens is 506 g/mol. The molecule has 2 saturated heterocycles. The molecule has 0 saturated carbocycles. The molecule has 206 valence electrons. The van der Waals surface area contributed by atoms with Crippen molar-refractivity contribution in [2.45, 2.75) is 73.9 Å². The second-order valence-corrected chi connectivity index (χ2v) is 8.88. The third-order valence-corrected chi connectivity index (χ3v) is 6.41. The number of fused-ring (bicyclic) bond motifs is 1. The highest BCUT2D eigenvalue weighted by molar-refractivity contribution is 5.82. The number of aliphatic hydroxyl groups is 6. The van der Waals surface area contributed by atoms with Gasteiger partial charge in [-0.05, 0) is 11.6 Å². The number of aromatic hydroxyl groups is 1. The maximum absolute atomic E-state index is 11.4. The molecule has 0 aromatic heterocycles. The number of carboxylic acid groups (broad SMARTS) is 2. The largest absolute Gasteiger partial charge is 0.504 e. The molecule has 1 aromatic carbocycles. The Morgan fingerprint density at radius 3 is 2.24 bits per heavy atom. The first-order valence-corrected chi connectivity index (χ1v) is 11.1. The smallest absolute Gasteiger partial charge is 0.335 e. The fraction of sp³-hybridized carbons (Fsp3) is 0.619. The number of hydrogen-bond acceptors (Lipinski definition) is 14. The Kier molecular flexibility index (Phi) is 7.75. The Balaban J connectivity index is 1.60. The van der Waals surface area contributed by atoms with Crippen molar-refractivity contribution in [3.05, 3.63) is 17.7 Å². The number of phenolic OH excluding ortho intramolecular Hbond substituents is 1. The van der Waals surface area contributed by atoms with Gasteiger partial charge in [-0.3, -0.25) is 0 Å². The standard InChI is InChI=1S/C21H27NO15/c23-4-10-11(25)13(27)17(37-20-15(29)12(26)14(28)16(36-20)19(32)33)21(35-10)34-9-2-5-1-7(18(30)31)22-6(5)3-8(9)24/h2-3,7,10-17,20-29H,1,4H2,(H,30,31)(H,32,33). The molecule has 37 heavy (non-hydrogen) atoms. The third-order valence-electron chi connectivity index (χ3n) is 6.41. The fourth-order valence-electron chi connectivity index (χ4n) is 4.36. The maximum atomic E-state index is 11.4. The first-order valence-electron chi connectivity index (χ1n) is 11.1. The van der Waals surface area contributed by atoms with Gasteiger partial charge in [0.1, 0.15) is 42.7 Å². The summed E-state index contributed by atoms with van der Waals surface area (Å²) in [5.74, 6) is -3.53. The highest BCUT2D eigenvalue weighted by Gasteiger charge is 2.52. The molecule has 11 atom stereocenters. The molecule has 0 bridgehead atoms. The van der Waals surface area contributed by atoms with Crippen LogP contribution in [0, 0.1) is 0 Å². The minimum atomic E-state index is -2.02. The molecule has 11 unspecified atom stereocenters. The SMILES string of the molecule is O=C(O)C1Cc2cc(OC3OC(CO)C(O)C(O)C3OC3OC(C(=O)O)C(O)C(O)C3O)c(O)cc2N1. The average Bonchev–Trinajstić information content (AvgIpc) is 3.26. The van der Waals surface area contributed by atoms with Crippen molar-refractivity contribution in [3.8, 4) is 11.5 Å². The number of ether oxygens (including phenoxy) is 4. The van der Waals surface area contributed by atoms with E-state index in [2.05, 4.69) is 5.32 Å².